The summed E-state index contributed by atoms with van der Waals surface area (Å²) >= 11 is 6.43. The molecule has 0 aliphatic rings. The summed E-state index contributed by atoms with van der Waals surface area (Å²) in [5.74, 6) is -0.845. The number of nitrogens with zero attached hydrogens (tertiary/aromatic N) is 1. The standard InChI is InChI=1S/C34H38ClNO3Si/c1-6-38-33(37)25(2)30(27-20-19-26-21-22-36-32(35)31(26)24-27)18-13-23-39-40(34(3,4)5,28-14-9-7-10-15-28)29-16-11-8-12-17-29/h7-22,24-25,30H,6,23H2,1-5H3/b18-13-/t25?,30-/m0/s1. The Morgan fingerprint density at radius 2 is 1.60 bits per heavy atom. The first-order valence-electron chi connectivity index (χ1n) is 13.8. The number of carbonyl (C=O) groups excluding carboxylic acids is 1. The molecule has 1 aromatic heterocycles. The predicted octanol–water partition coefficient (Wildman–Crippen LogP) is 7.30. The van der Waals surface area contributed by atoms with E-state index in [9.17, 15) is 4.79 Å². The van der Waals surface area contributed by atoms with Crippen LogP contribution in [0.25, 0.3) is 10.8 Å². The Bertz CT molecular complexity index is 1410. The molecule has 0 aliphatic heterocycles. The fraction of sp³-hybridized carbons (Fsp3) is 0.294. The Balaban J connectivity index is 1.71. The van der Waals surface area contributed by atoms with E-state index in [1.165, 1.54) is 10.4 Å². The van der Waals surface area contributed by atoms with Crippen LogP contribution in [0.5, 0.6) is 0 Å². The number of aromatic nitrogens is 1. The first-order valence-corrected chi connectivity index (χ1v) is 16.1. The molecule has 0 fully saturated rings. The van der Waals surface area contributed by atoms with Gasteiger partial charge in [0, 0.05) is 17.5 Å². The van der Waals surface area contributed by atoms with Gasteiger partial charge in [-0.05, 0) is 45.4 Å². The van der Waals surface area contributed by atoms with Gasteiger partial charge < -0.3 is 9.16 Å². The van der Waals surface area contributed by atoms with Gasteiger partial charge in [0.15, 0.2) is 0 Å². The Labute approximate surface area is 244 Å². The van der Waals surface area contributed by atoms with Gasteiger partial charge in [-0.3, -0.25) is 4.79 Å². The van der Waals surface area contributed by atoms with E-state index >= 15 is 0 Å². The molecule has 0 saturated carbocycles. The van der Waals surface area contributed by atoms with Gasteiger partial charge in [-0.15, -0.1) is 0 Å². The third-order valence-electron chi connectivity index (χ3n) is 7.48. The molecule has 40 heavy (non-hydrogen) atoms. The molecule has 4 aromatic rings. The molecular formula is C34H38ClNO3Si. The molecule has 208 valence electrons. The number of allylic oxidation sites excluding steroid dienone is 1. The maximum atomic E-state index is 12.9. The smallest absolute Gasteiger partial charge is 0.309 e. The van der Waals surface area contributed by atoms with Crippen molar-refractivity contribution in [3.05, 3.63) is 114 Å². The lowest BCUT2D eigenvalue weighted by Crippen LogP contribution is -2.66. The van der Waals surface area contributed by atoms with E-state index in [1.807, 2.05) is 50.2 Å². The molecule has 0 spiro atoms. The first-order chi connectivity index (χ1) is 19.2. The number of hydrogen-bond acceptors (Lipinski definition) is 4. The molecule has 0 radical (unpaired) electrons. The van der Waals surface area contributed by atoms with E-state index in [0.717, 1.165) is 16.3 Å². The van der Waals surface area contributed by atoms with Crippen molar-refractivity contribution in [1.29, 1.82) is 0 Å². The molecule has 1 unspecified atom stereocenters. The van der Waals surface area contributed by atoms with Crippen molar-refractivity contribution in [3.63, 3.8) is 0 Å². The molecular weight excluding hydrogens is 534 g/mol. The zero-order valence-corrected chi connectivity index (χ0v) is 25.7. The summed E-state index contributed by atoms with van der Waals surface area (Å²) in [6.07, 6.45) is 5.82. The van der Waals surface area contributed by atoms with Gasteiger partial charge in [0.2, 0.25) is 0 Å². The number of hydrogen-bond donors (Lipinski definition) is 0. The average Bonchev–Trinajstić information content (AvgIpc) is 2.95. The molecule has 0 amide bonds. The summed E-state index contributed by atoms with van der Waals surface area (Å²) in [5.41, 5.74) is 0.977. The van der Waals surface area contributed by atoms with Crippen molar-refractivity contribution in [3.8, 4) is 0 Å². The van der Waals surface area contributed by atoms with Crippen LogP contribution in [0.2, 0.25) is 10.2 Å². The minimum Gasteiger partial charge on any atom is -0.466 e. The molecule has 0 N–H and O–H groups in total. The lowest BCUT2D eigenvalue weighted by Gasteiger charge is -2.42. The van der Waals surface area contributed by atoms with Crippen molar-refractivity contribution in [1.82, 2.24) is 4.98 Å². The summed E-state index contributed by atoms with van der Waals surface area (Å²) in [5, 5.41) is 4.65. The predicted molar refractivity (Wildman–Crippen MR) is 168 cm³/mol. The number of rotatable bonds is 10. The summed E-state index contributed by atoms with van der Waals surface area (Å²) in [7, 11) is -2.67. The van der Waals surface area contributed by atoms with Gasteiger partial charge in [-0.2, -0.15) is 0 Å². The van der Waals surface area contributed by atoms with Crippen LogP contribution in [0.4, 0.5) is 0 Å². The van der Waals surface area contributed by atoms with E-state index in [1.54, 1.807) is 6.20 Å². The van der Waals surface area contributed by atoms with Crippen LogP contribution in [-0.4, -0.2) is 32.5 Å². The first kappa shape index (κ1) is 29.7. The second kappa shape index (κ2) is 12.9. The highest BCUT2D eigenvalue weighted by molar-refractivity contribution is 6.99. The van der Waals surface area contributed by atoms with Crippen LogP contribution in [-0.2, 0) is 14.0 Å². The summed E-state index contributed by atoms with van der Waals surface area (Å²) in [6.45, 7) is 11.3. The number of ether oxygens (including phenoxy) is 1. The number of halogens is 1. The van der Waals surface area contributed by atoms with Crippen molar-refractivity contribution >= 4 is 47.0 Å². The highest BCUT2D eigenvalue weighted by Gasteiger charge is 2.49. The van der Waals surface area contributed by atoms with Gasteiger partial charge in [0.1, 0.15) is 5.15 Å². The minimum atomic E-state index is -2.67. The van der Waals surface area contributed by atoms with Crippen LogP contribution < -0.4 is 10.4 Å². The van der Waals surface area contributed by atoms with E-state index in [0.29, 0.717) is 18.4 Å². The Morgan fingerprint density at radius 3 is 2.17 bits per heavy atom. The maximum Gasteiger partial charge on any atom is 0.309 e. The van der Waals surface area contributed by atoms with E-state index in [2.05, 4.69) is 86.4 Å². The van der Waals surface area contributed by atoms with Crippen molar-refractivity contribution < 1.29 is 14.0 Å². The molecule has 1 heterocycles. The van der Waals surface area contributed by atoms with E-state index in [4.69, 9.17) is 20.8 Å². The zero-order chi connectivity index (χ0) is 28.8. The van der Waals surface area contributed by atoms with E-state index < -0.39 is 14.2 Å². The van der Waals surface area contributed by atoms with Gasteiger partial charge in [0.25, 0.3) is 8.32 Å². The molecule has 0 saturated heterocycles. The molecule has 0 bridgehead atoms. The zero-order valence-electron chi connectivity index (χ0n) is 23.9. The molecule has 2 atom stereocenters. The monoisotopic (exact) mass is 571 g/mol. The normalized spacial score (nSPS) is 13.8. The second-order valence-corrected chi connectivity index (χ2v) is 15.7. The quantitative estimate of drug-likeness (QED) is 0.0867. The van der Waals surface area contributed by atoms with Crippen LogP contribution in [0.1, 0.15) is 46.1 Å². The largest absolute Gasteiger partial charge is 0.466 e. The summed E-state index contributed by atoms with van der Waals surface area (Å²) in [4.78, 5) is 17.1. The lowest BCUT2D eigenvalue weighted by atomic mass is 9.86. The van der Waals surface area contributed by atoms with Crippen molar-refractivity contribution in [2.75, 3.05) is 13.2 Å². The molecule has 4 rings (SSSR count). The molecule has 3 aromatic carbocycles. The van der Waals surface area contributed by atoms with Gasteiger partial charge in [-0.25, -0.2) is 4.98 Å². The molecule has 0 aliphatic carbocycles. The van der Waals surface area contributed by atoms with Crippen LogP contribution in [0, 0.1) is 5.92 Å². The van der Waals surface area contributed by atoms with Crippen molar-refractivity contribution in [2.45, 2.75) is 45.6 Å². The third-order valence-corrected chi connectivity index (χ3v) is 12.8. The highest BCUT2D eigenvalue weighted by Crippen LogP contribution is 2.37. The van der Waals surface area contributed by atoms with Gasteiger partial charge >= 0.3 is 5.97 Å². The number of esters is 1. The highest BCUT2D eigenvalue weighted by atomic mass is 35.5. The summed E-state index contributed by atoms with van der Waals surface area (Å²) < 4.78 is 12.4. The SMILES string of the molecule is CCOC(=O)C(C)[C@H](/C=C\CO[Si](c1ccccc1)(c1ccccc1)C(C)(C)C)c1ccc2ccnc(Cl)c2c1. The average molecular weight is 572 g/mol. The Hall–Kier alpha value is -3.25. The Kier molecular flexibility index (Phi) is 9.62. The topological polar surface area (TPSA) is 48.4 Å². The molecule has 4 nitrogen and oxygen atoms in total. The number of pyridine rings is 1. The lowest BCUT2D eigenvalue weighted by molar-refractivity contribution is -0.147. The Morgan fingerprint density at radius 1 is 0.975 bits per heavy atom. The van der Waals surface area contributed by atoms with Crippen LogP contribution in [0.3, 0.4) is 0 Å². The van der Waals surface area contributed by atoms with Crippen LogP contribution >= 0.6 is 11.6 Å². The number of fused-ring (bicyclic) bond motifs is 1. The third kappa shape index (κ3) is 6.22. The van der Waals surface area contributed by atoms with Gasteiger partial charge in [-0.1, -0.05) is 124 Å². The minimum absolute atomic E-state index is 0.122. The summed E-state index contributed by atoms with van der Waals surface area (Å²) in [6, 6.07) is 29.2. The van der Waals surface area contributed by atoms with Gasteiger partial charge in [0.05, 0.1) is 19.1 Å². The molecule has 6 heteroatoms. The number of benzene rings is 3. The fourth-order valence-electron chi connectivity index (χ4n) is 5.48. The second-order valence-electron chi connectivity index (χ2n) is 11.1. The van der Waals surface area contributed by atoms with E-state index in [-0.39, 0.29) is 16.9 Å². The number of carbonyl (C=O) groups is 1. The maximum absolute atomic E-state index is 12.9. The fourth-order valence-corrected chi connectivity index (χ4v) is 10.2. The van der Waals surface area contributed by atoms with Crippen molar-refractivity contribution in [2.24, 2.45) is 5.92 Å². The van der Waals surface area contributed by atoms with Crippen LogP contribution in [0.15, 0.2) is 103 Å².